The van der Waals surface area contributed by atoms with Crippen LogP contribution in [0.4, 0.5) is 0 Å². The highest BCUT2D eigenvalue weighted by atomic mass is 32.1. The molecule has 19 heavy (non-hydrogen) atoms. The van der Waals surface area contributed by atoms with E-state index in [4.69, 9.17) is 12.2 Å². The van der Waals surface area contributed by atoms with Crippen LogP contribution in [0.2, 0.25) is 0 Å². The third-order valence-electron chi connectivity index (χ3n) is 3.98. The van der Waals surface area contributed by atoms with Crippen LogP contribution in [0.25, 0.3) is 0 Å². The minimum absolute atomic E-state index is 0.0138. The lowest BCUT2D eigenvalue weighted by atomic mass is 9.97. The third kappa shape index (κ3) is 2.24. The first kappa shape index (κ1) is 12.6. The molecule has 0 aliphatic carbocycles. The van der Waals surface area contributed by atoms with Gasteiger partial charge in [-0.1, -0.05) is 30.3 Å². The Kier molecular flexibility index (Phi) is 3.03. The maximum absolute atomic E-state index is 12.1. The van der Waals surface area contributed by atoms with Crippen molar-refractivity contribution in [3.05, 3.63) is 35.9 Å². The molecule has 2 atom stereocenters. The molecule has 2 N–H and O–H groups in total. The van der Waals surface area contributed by atoms with Crippen LogP contribution in [0.3, 0.4) is 0 Å². The van der Waals surface area contributed by atoms with Crippen molar-refractivity contribution in [2.45, 2.75) is 31.5 Å². The Morgan fingerprint density at radius 1 is 1.42 bits per heavy atom. The van der Waals surface area contributed by atoms with Crippen LogP contribution in [-0.2, 0) is 11.3 Å². The van der Waals surface area contributed by atoms with Gasteiger partial charge in [-0.15, -0.1) is 0 Å². The third-order valence-corrected chi connectivity index (χ3v) is 4.19. The van der Waals surface area contributed by atoms with Crippen molar-refractivity contribution < 1.29 is 4.79 Å². The minimum Gasteiger partial charge on any atom is -0.347 e. The number of hydrogen-bond donors (Lipinski definition) is 2. The van der Waals surface area contributed by atoms with Crippen LogP contribution in [0, 0.1) is 0 Å². The summed E-state index contributed by atoms with van der Waals surface area (Å²) < 4.78 is 0. The van der Waals surface area contributed by atoms with E-state index in [1.165, 1.54) is 5.56 Å². The lowest BCUT2D eigenvalue weighted by molar-refractivity contribution is -0.123. The number of nitrogens with one attached hydrogen (secondary N) is 2. The maximum atomic E-state index is 12.1. The number of carbonyl (C=O) groups is 1. The predicted molar refractivity (Wildman–Crippen MR) is 77.5 cm³/mol. The monoisotopic (exact) mass is 275 g/mol. The van der Waals surface area contributed by atoms with Gasteiger partial charge < -0.3 is 10.6 Å². The molecular weight excluding hydrogens is 258 g/mol. The Labute approximate surface area is 118 Å². The fourth-order valence-corrected chi connectivity index (χ4v) is 3.30. The fourth-order valence-electron chi connectivity index (χ4n) is 3.01. The Bertz CT molecular complexity index is 519. The van der Waals surface area contributed by atoms with Crippen LogP contribution in [0.1, 0.15) is 18.9 Å². The maximum Gasteiger partial charge on any atom is 0.253 e. The molecule has 1 aromatic carbocycles. The van der Waals surface area contributed by atoms with Gasteiger partial charge in [0.15, 0.2) is 5.11 Å². The van der Waals surface area contributed by atoms with Gasteiger partial charge in [-0.3, -0.25) is 9.69 Å². The highest BCUT2D eigenvalue weighted by Gasteiger charge is 2.51. The van der Waals surface area contributed by atoms with Gasteiger partial charge in [-0.2, -0.15) is 0 Å². The van der Waals surface area contributed by atoms with E-state index in [1.807, 2.05) is 18.2 Å². The molecule has 5 heteroatoms. The lowest BCUT2D eigenvalue weighted by Crippen LogP contribution is -2.48. The molecule has 2 unspecified atom stereocenters. The van der Waals surface area contributed by atoms with Gasteiger partial charge in [0.05, 0.1) is 0 Å². The smallest absolute Gasteiger partial charge is 0.253 e. The number of amides is 1. The summed E-state index contributed by atoms with van der Waals surface area (Å²) in [7, 11) is 0. The Balaban J connectivity index is 1.76. The van der Waals surface area contributed by atoms with Gasteiger partial charge in [-0.05, 0) is 31.1 Å². The van der Waals surface area contributed by atoms with E-state index >= 15 is 0 Å². The number of carbonyl (C=O) groups excluding carboxylic acids is 1. The SMILES string of the molecule is CC1CC2(CN1Cc1ccccc1)NC(=S)NC2=O. The summed E-state index contributed by atoms with van der Waals surface area (Å²) >= 11 is 5.05. The molecule has 3 rings (SSSR count). The molecule has 0 bridgehead atoms. The van der Waals surface area contributed by atoms with E-state index < -0.39 is 5.54 Å². The Morgan fingerprint density at radius 3 is 2.79 bits per heavy atom. The summed E-state index contributed by atoms with van der Waals surface area (Å²) in [5.41, 5.74) is 0.748. The van der Waals surface area contributed by atoms with Crippen LogP contribution >= 0.6 is 12.2 Å². The first-order valence-electron chi connectivity index (χ1n) is 6.51. The Morgan fingerprint density at radius 2 is 2.16 bits per heavy atom. The molecule has 2 aliphatic rings. The fraction of sp³-hybridized carbons (Fsp3) is 0.429. The van der Waals surface area contributed by atoms with E-state index in [2.05, 4.69) is 34.6 Å². The van der Waals surface area contributed by atoms with E-state index in [1.54, 1.807) is 0 Å². The zero-order valence-electron chi connectivity index (χ0n) is 10.8. The topological polar surface area (TPSA) is 44.4 Å². The standard InChI is InChI=1S/C14H17N3OS/c1-10-7-14(12(18)15-13(19)16-14)9-17(10)8-11-5-3-2-4-6-11/h2-6,10H,7-9H2,1H3,(H2,15,16,18,19). The van der Waals surface area contributed by atoms with Gasteiger partial charge in [-0.25, -0.2) is 0 Å². The molecule has 2 heterocycles. The summed E-state index contributed by atoms with van der Waals surface area (Å²) in [6, 6.07) is 10.7. The first-order valence-corrected chi connectivity index (χ1v) is 6.91. The molecule has 1 amide bonds. The average molecular weight is 275 g/mol. The van der Waals surface area contributed by atoms with Crippen molar-refractivity contribution in [1.82, 2.24) is 15.5 Å². The summed E-state index contributed by atoms with van der Waals surface area (Å²) in [4.78, 5) is 14.4. The van der Waals surface area contributed by atoms with Gasteiger partial charge in [0.2, 0.25) is 0 Å². The second kappa shape index (κ2) is 4.58. The predicted octanol–water partition coefficient (Wildman–Crippen LogP) is 1.02. The molecule has 2 saturated heterocycles. The molecule has 0 saturated carbocycles. The molecule has 2 fully saturated rings. The summed E-state index contributed by atoms with van der Waals surface area (Å²) in [6.45, 7) is 3.73. The van der Waals surface area contributed by atoms with Crippen LogP contribution in [-0.4, -0.2) is 34.0 Å². The minimum atomic E-state index is -0.523. The molecule has 100 valence electrons. The quantitative estimate of drug-likeness (QED) is 0.791. The largest absolute Gasteiger partial charge is 0.347 e. The van der Waals surface area contributed by atoms with Crippen molar-refractivity contribution in [2.75, 3.05) is 6.54 Å². The first-order chi connectivity index (χ1) is 9.09. The zero-order chi connectivity index (χ0) is 13.5. The zero-order valence-corrected chi connectivity index (χ0v) is 11.7. The number of thiocarbonyl (C=S) groups is 1. The van der Waals surface area contributed by atoms with E-state index in [9.17, 15) is 4.79 Å². The van der Waals surface area contributed by atoms with Crippen molar-refractivity contribution in [1.29, 1.82) is 0 Å². The summed E-state index contributed by atoms with van der Waals surface area (Å²) in [5.74, 6) is 0.0138. The van der Waals surface area contributed by atoms with E-state index in [0.717, 1.165) is 13.0 Å². The van der Waals surface area contributed by atoms with Crippen molar-refractivity contribution in [3.8, 4) is 0 Å². The second-order valence-corrected chi connectivity index (χ2v) is 5.84. The molecule has 1 spiro atoms. The molecule has 0 radical (unpaired) electrons. The van der Waals surface area contributed by atoms with Crippen molar-refractivity contribution >= 4 is 23.2 Å². The van der Waals surface area contributed by atoms with Crippen LogP contribution in [0.15, 0.2) is 30.3 Å². The van der Waals surface area contributed by atoms with E-state index in [-0.39, 0.29) is 5.91 Å². The van der Waals surface area contributed by atoms with Gasteiger partial charge in [0.25, 0.3) is 5.91 Å². The van der Waals surface area contributed by atoms with Gasteiger partial charge in [0.1, 0.15) is 5.54 Å². The van der Waals surface area contributed by atoms with Gasteiger partial charge >= 0.3 is 0 Å². The number of rotatable bonds is 2. The van der Waals surface area contributed by atoms with Crippen molar-refractivity contribution in [3.63, 3.8) is 0 Å². The van der Waals surface area contributed by atoms with Gasteiger partial charge in [0, 0.05) is 19.1 Å². The highest BCUT2D eigenvalue weighted by Crippen LogP contribution is 2.30. The molecule has 1 aromatic rings. The second-order valence-electron chi connectivity index (χ2n) is 5.43. The van der Waals surface area contributed by atoms with Crippen LogP contribution in [0.5, 0.6) is 0 Å². The number of likely N-dealkylation sites (tertiary alicyclic amines) is 1. The van der Waals surface area contributed by atoms with Crippen LogP contribution < -0.4 is 10.6 Å². The van der Waals surface area contributed by atoms with Crippen molar-refractivity contribution in [2.24, 2.45) is 0 Å². The van der Waals surface area contributed by atoms with E-state index in [0.29, 0.717) is 17.7 Å². The number of benzene rings is 1. The average Bonchev–Trinajstić information content (AvgIpc) is 2.81. The molecule has 0 aromatic heterocycles. The summed E-state index contributed by atoms with van der Waals surface area (Å²) in [6.07, 6.45) is 0.797. The summed E-state index contributed by atoms with van der Waals surface area (Å²) in [5, 5.41) is 6.32. The normalized spacial score (nSPS) is 30.7. The molecule has 4 nitrogen and oxygen atoms in total. The number of nitrogens with zero attached hydrogens (tertiary/aromatic N) is 1. The lowest BCUT2D eigenvalue weighted by Gasteiger charge is -2.22. The highest BCUT2D eigenvalue weighted by molar-refractivity contribution is 7.80. The Hall–Kier alpha value is -1.46. The number of hydrogen-bond acceptors (Lipinski definition) is 3. The molecule has 2 aliphatic heterocycles. The molecular formula is C14H17N3OS.